The van der Waals surface area contributed by atoms with E-state index in [0.717, 1.165) is 15.7 Å². The van der Waals surface area contributed by atoms with Crippen molar-refractivity contribution in [1.82, 2.24) is 0 Å². The van der Waals surface area contributed by atoms with Gasteiger partial charge in [0.05, 0.1) is 10.6 Å². The lowest BCUT2D eigenvalue weighted by atomic mass is 10.2. The molecule has 1 fully saturated rings. The quantitative estimate of drug-likeness (QED) is 0.601. The summed E-state index contributed by atoms with van der Waals surface area (Å²) < 4.78 is 1.44. The molecule has 0 aromatic heterocycles. The summed E-state index contributed by atoms with van der Waals surface area (Å²) in [6.45, 7) is 0. The molecule has 1 aliphatic rings. The Morgan fingerprint density at radius 2 is 1.91 bits per heavy atom. The molecule has 3 rings (SSSR count). The summed E-state index contributed by atoms with van der Waals surface area (Å²) in [4.78, 5) is 14.6. The Kier molecular flexibility index (Phi) is 4.33. The molecule has 0 saturated carbocycles. The third-order valence-electron chi connectivity index (χ3n) is 3.05. The molecule has 0 atom stereocenters. The number of nitrogens with zero attached hydrogens (tertiary/aromatic N) is 1. The number of phenols is 1. The van der Waals surface area contributed by atoms with Crippen LogP contribution in [0.5, 0.6) is 5.75 Å². The molecule has 22 heavy (non-hydrogen) atoms. The maximum absolute atomic E-state index is 12.6. The first kappa shape index (κ1) is 15.3. The predicted molar refractivity (Wildman–Crippen MR) is 97.9 cm³/mol. The number of amides is 1. The van der Waals surface area contributed by atoms with Gasteiger partial charge in [0.2, 0.25) is 0 Å². The number of thioether (sulfide) groups is 1. The SMILES string of the molecule is O=C1/C(=C/c2cccc(O)c2)SC(=S)N1c1ccc(Br)cc1. The summed E-state index contributed by atoms with van der Waals surface area (Å²) in [6, 6.07) is 14.2. The second kappa shape index (κ2) is 6.24. The number of aromatic hydroxyl groups is 1. The van der Waals surface area contributed by atoms with E-state index in [4.69, 9.17) is 12.2 Å². The van der Waals surface area contributed by atoms with Crippen molar-refractivity contribution in [3.8, 4) is 5.75 Å². The van der Waals surface area contributed by atoms with Crippen LogP contribution in [0.3, 0.4) is 0 Å². The second-order valence-corrected chi connectivity index (χ2v) is 7.18. The van der Waals surface area contributed by atoms with Crippen LogP contribution in [0.4, 0.5) is 5.69 Å². The highest BCUT2D eigenvalue weighted by Crippen LogP contribution is 2.36. The lowest BCUT2D eigenvalue weighted by Crippen LogP contribution is -2.27. The molecule has 0 aliphatic carbocycles. The highest BCUT2D eigenvalue weighted by Gasteiger charge is 2.33. The number of carbonyl (C=O) groups excluding carboxylic acids is 1. The number of halogens is 1. The largest absolute Gasteiger partial charge is 0.508 e. The fourth-order valence-electron chi connectivity index (χ4n) is 2.05. The Morgan fingerprint density at radius 1 is 1.18 bits per heavy atom. The molecule has 0 radical (unpaired) electrons. The Hall–Kier alpha value is -1.63. The normalized spacial score (nSPS) is 16.6. The number of hydrogen-bond acceptors (Lipinski definition) is 4. The monoisotopic (exact) mass is 391 g/mol. The van der Waals surface area contributed by atoms with Gasteiger partial charge in [-0.3, -0.25) is 9.69 Å². The summed E-state index contributed by atoms with van der Waals surface area (Å²) >= 11 is 9.95. The molecule has 6 heteroatoms. The number of phenolic OH excluding ortho intramolecular Hbond substituents is 1. The summed E-state index contributed by atoms with van der Waals surface area (Å²) in [5.41, 5.74) is 1.50. The van der Waals surface area contributed by atoms with E-state index < -0.39 is 0 Å². The number of rotatable bonds is 2. The van der Waals surface area contributed by atoms with E-state index in [-0.39, 0.29) is 11.7 Å². The predicted octanol–water partition coefficient (Wildman–Crippen LogP) is 4.56. The van der Waals surface area contributed by atoms with E-state index in [2.05, 4.69) is 15.9 Å². The van der Waals surface area contributed by atoms with E-state index in [0.29, 0.717) is 9.23 Å². The fourth-order valence-corrected chi connectivity index (χ4v) is 3.61. The molecule has 2 aromatic rings. The highest BCUT2D eigenvalue weighted by molar-refractivity contribution is 9.10. The van der Waals surface area contributed by atoms with Gasteiger partial charge >= 0.3 is 0 Å². The van der Waals surface area contributed by atoms with E-state index in [1.807, 2.05) is 30.3 Å². The van der Waals surface area contributed by atoms with Crippen LogP contribution in [-0.4, -0.2) is 15.3 Å². The van der Waals surface area contributed by atoms with Gasteiger partial charge in [-0.2, -0.15) is 0 Å². The minimum absolute atomic E-state index is 0.152. The number of hydrogen-bond donors (Lipinski definition) is 1. The van der Waals surface area contributed by atoms with Gasteiger partial charge in [0.15, 0.2) is 4.32 Å². The second-order valence-electron chi connectivity index (χ2n) is 4.59. The maximum Gasteiger partial charge on any atom is 0.270 e. The van der Waals surface area contributed by atoms with Crippen molar-refractivity contribution in [3.05, 3.63) is 63.5 Å². The van der Waals surface area contributed by atoms with Crippen LogP contribution in [0.15, 0.2) is 57.9 Å². The van der Waals surface area contributed by atoms with Gasteiger partial charge in [-0.1, -0.05) is 52.0 Å². The topological polar surface area (TPSA) is 40.5 Å². The Morgan fingerprint density at radius 3 is 2.59 bits per heavy atom. The van der Waals surface area contributed by atoms with Gasteiger partial charge in [-0.05, 0) is 48.0 Å². The molecule has 1 aliphatic heterocycles. The molecule has 110 valence electrons. The molecule has 1 amide bonds. The molecule has 1 heterocycles. The van der Waals surface area contributed by atoms with Crippen LogP contribution in [0.2, 0.25) is 0 Å². The first-order chi connectivity index (χ1) is 10.5. The van der Waals surface area contributed by atoms with E-state index in [1.165, 1.54) is 16.7 Å². The minimum atomic E-state index is -0.152. The van der Waals surface area contributed by atoms with Crippen molar-refractivity contribution < 1.29 is 9.90 Å². The average Bonchev–Trinajstić information content (AvgIpc) is 2.75. The molecule has 1 N–H and O–H groups in total. The zero-order valence-corrected chi connectivity index (χ0v) is 14.4. The Balaban J connectivity index is 1.93. The Labute approximate surface area is 145 Å². The van der Waals surface area contributed by atoms with Crippen LogP contribution in [0, 0.1) is 0 Å². The standard InChI is InChI=1S/C16H10BrNO2S2/c17-11-4-6-12(7-5-11)18-15(20)14(22-16(18)21)9-10-2-1-3-13(19)8-10/h1-9,19H/b14-9-. The van der Waals surface area contributed by atoms with Crippen LogP contribution in [-0.2, 0) is 4.79 Å². The van der Waals surface area contributed by atoms with Crippen molar-refractivity contribution in [2.45, 2.75) is 0 Å². The molecular weight excluding hydrogens is 382 g/mol. The Bertz CT molecular complexity index is 787. The van der Waals surface area contributed by atoms with Crippen molar-refractivity contribution in [1.29, 1.82) is 0 Å². The fraction of sp³-hybridized carbons (Fsp3) is 0. The lowest BCUT2D eigenvalue weighted by Gasteiger charge is -2.14. The third-order valence-corrected chi connectivity index (χ3v) is 4.88. The number of anilines is 1. The highest BCUT2D eigenvalue weighted by atomic mass is 79.9. The number of benzene rings is 2. The van der Waals surface area contributed by atoms with Gasteiger partial charge in [0.1, 0.15) is 5.75 Å². The summed E-state index contributed by atoms with van der Waals surface area (Å²) in [6.07, 6.45) is 1.73. The van der Waals surface area contributed by atoms with Crippen LogP contribution in [0.25, 0.3) is 6.08 Å². The molecule has 3 nitrogen and oxygen atoms in total. The average molecular weight is 392 g/mol. The summed E-state index contributed by atoms with van der Waals surface area (Å²) in [5, 5.41) is 9.50. The summed E-state index contributed by atoms with van der Waals surface area (Å²) in [7, 11) is 0. The van der Waals surface area contributed by atoms with Crippen LogP contribution >= 0.6 is 39.9 Å². The van der Waals surface area contributed by atoms with Crippen molar-refractivity contribution in [3.63, 3.8) is 0 Å². The number of carbonyl (C=O) groups is 1. The molecule has 1 saturated heterocycles. The first-order valence-electron chi connectivity index (χ1n) is 6.37. The zero-order valence-electron chi connectivity index (χ0n) is 11.2. The molecule has 0 spiro atoms. The van der Waals surface area contributed by atoms with E-state index in [9.17, 15) is 9.90 Å². The molecule has 2 aromatic carbocycles. The zero-order chi connectivity index (χ0) is 15.7. The van der Waals surface area contributed by atoms with Crippen LogP contribution in [0.1, 0.15) is 5.56 Å². The molecular formula is C16H10BrNO2S2. The lowest BCUT2D eigenvalue weighted by molar-refractivity contribution is -0.113. The van der Waals surface area contributed by atoms with Gasteiger partial charge in [0, 0.05) is 4.47 Å². The van der Waals surface area contributed by atoms with E-state index >= 15 is 0 Å². The van der Waals surface area contributed by atoms with E-state index in [1.54, 1.807) is 24.3 Å². The summed E-state index contributed by atoms with van der Waals surface area (Å²) in [5.74, 6) is 0.0119. The smallest absolute Gasteiger partial charge is 0.270 e. The minimum Gasteiger partial charge on any atom is -0.508 e. The maximum atomic E-state index is 12.6. The van der Waals surface area contributed by atoms with Gasteiger partial charge in [-0.25, -0.2) is 0 Å². The van der Waals surface area contributed by atoms with Crippen LogP contribution < -0.4 is 4.90 Å². The van der Waals surface area contributed by atoms with Crippen molar-refractivity contribution in [2.75, 3.05) is 4.90 Å². The van der Waals surface area contributed by atoms with Crippen molar-refractivity contribution >= 4 is 61.9 Å². The van der Waals surface area contributed by atoms with Gasteiger partial charge < -0.3 is 5.11 Å². The third kappa shape index (κ3) is 3.09. The van der Waals surface area contributed by atoms with Gasteiger partial charge in [0.25, 0.3) is 5.91 Å². The van der Waals surface area contributed by atoms with Crippen molar-refractivity contribution in [2.24, 2.45) is 0 Å². The molecule has 0 unspecified atom stereocenters. The first-order valence-corrected chi connectivity index (χ1v) is 8.39. The van der Waals surface area contributed by atoms with Gasteiger partial charge in [-0.15, -0.1) is 0 Å². The molecule has 0 bridgehead atoms. The number of thiocarbonyl (C=S) groups is 1.